The van der Waals surface area contributed by atoms with Crippen LogP contribution in [0.25, 0.3) is 0 Å². The summed E-state index contributed by atoms with van der Waals surface area (Å²) in [5.74, 6) is -0.734. The quantitative estimate of drug-likeness (QED) is 0.710. The van der Waals surface area contributed by atoms with Crippen LogP contribution in [0.15, 0.2) is 18.5 Å². The fraction of sp³-hybridized carbons (Fsp3) is 0.538. The molecule has 1 unspecified atom stereocenters. The summed E-state index contributed by atoms with van der Waals surface area (Å²) >= 11 is 0. The average Bonchev–Trinajstić information content (AvgIpc) is 2.33. The number of aromatic nitrogens is 1. The molecule has 0 amide bonds. The summed E-state index contributed by atoms with van der Waals surface area (Å²) in [5.41, 5.74) is -0.0222. The molecule has 3 N–H and O–H groups in total. The summed E-state index contributed by atoms with van der Waals surface area (Å²) in [5, 5.41) is 21.7. The number of β-amino-alcohol motifs (C(OH)–C–C–N with tert-alkyl or cyclic N) is 1. The number of carboxylic acid groups (broad SMARTS) is 1. The third kappa shape index (κ3) is 6.17. The van der Waals surface area contributed by atoms with Crippen molar-refractivity contribution in [2.75, 3.05) is 13.2 Å². The largest absolute Gasteiger partial charge is 0.489 e. The normalized spacial score (nSPS) is 13.1. The lowest BCUT2D eigenvalue weighted by Crippen LogP contribution is -2.42. The van der Waals surface area contributed by atoms with Gasteiger partial charge >= 0.3 is 5.97 Å². The first-order chi connectivity index (χ1) is 8.78. The molecule has 0 aliphatic heterocycles. The van der Waals surface area contributed by atoms with Crippen LogP contribution in [0.4, 0.5) is 0 Å². The van der Waals surface area contributed by atoms with E-state index in [1.54, 1.807) is 0 Å². The number of nitrogens with one attached hydrogen (secondary N) is 1. The Bertz CT molecular complexity index is 429. The first-order valence-electron chi connectivity index (χ1n) is 6.02. The predicted molar refractivity (Wildman–Crippen MR) is 70.5 cm³/mol. The van der Waals surface area contributed by atoms with Crippen LogP contribution < -0.4 is 10.1 Å². The zero-order valence-corrected chi connectivity index (χ0v) is 11.4. The van der Waals surface area contributed by atoms with E-state index in [9.17, 15) is 9.90 Å². The van der Waals surface area contributed by atoms with Gasteiger partial charge in [-0.15, -0.1) is 0 Å². The Labute approximate surface area is 112 Å². The fourth-order valence-corrected chi connectivity index (χ4v) is 1.29. The number of rotatable bonds is 6. The Hall–Kier alpha value is -1.66. The third-order valence-corrected chi connectivity index (χ3v) is 2.27. The highest BCUT2D eigenvalue weighted by atomic mass is 16.5. The van der Waals surface area contributed by atoms with Crippen LogP contribution in [0.1, 0.15) is 31.1 Å². The molecule has 0 aromatic carbocycles. The Morgan fingerprint density at radius 2 is 2.16 bits per heavy atom. The molecule has 106 valence electrons. The standard InChI is InChI=1S/C13H20N2O4/c1-13(2,3)15-6-10(16)8-19-11-4-9(12(17)18)5-14-7-11/h4-5,7,10,15-16H,6,8H2,1-3H3,(H,17,18). The van der Waals surface area contributed by atoms with Crippen LogP contribution in [0.3, 0.4) is 0 Å². The van der Waals surface area contributed by atoms with E-state index in [4.69, 9.17) is 9.84 Å². The van der Waals surface area contributed by atoms with Crippen molar-refractivity contribution in [2.24, 2.45) is 0 Å². The fourth-order valence-electron chi connectivity index (χ4n) is 1.29. The van der Waals surface area contributed by atoms with Crippen LogP contribution in [0.5, 0.6) is 5.75 Å². The first kappa shape index (κ1) is 15.4. The van der Waals surface area contributed by atoms with Crippen LogP contribution in [-0.2, 0) is 0 Å². The number of aliphatic hydroxyl groups excluding tert-OH is 1. The minimum Gasteiger partial charge on any atom is -0.489 e. The summed E-state index contributed by atoms with van der Waals surface area (Å²) in [7, 11) is 0. The second-order valence-corrected chi connectivity index (χ2v) is 5.31. The van der Waals surface area contributed by atoms with Gasteiger partial charge in [0.15, 0.2) is 0 Å². The lowest BCUT2D eigenvalue weighted by molar-refractivity contribution is 0.0695. The van der Waals surface area contributed by atoms with E-state index >= 15 is 0 Å². The molecule has 0 fully saturated rings. The van der Waals surface area contributed by atoms with Gasteiger partial charge in [0.1, 0.15) is 18.5 Å². The van der Waals surface area contributed by atoms with Crippen molar-refractivity contribution in [3.8, 4) is 5.75 Å². The van der Waals surface area contributed by atoms with E-state index in [1.807, 2.05) is 20.8 Å². The molecule has 1 aromatic rings. The molecule has 1 rings (SSSR count). The molecular weight excluding hydrogens is 248 g/mol. The lowest BCUT2D eigenvalue weighted by Gasteiger charge is -2.22. The average molecular weight is 268 g/mol. The van der Waals surface area contributed by atoms with Crippen molar-refractivity contribution in [1.29, 1.82) is 0 Å². The van der Waals surface area contributed by atoms with Gasteiger partial charge in [0, 0.05) is 18.3 Å². The zero-order valence-electron chi connectivity index (χ0n) is 11.4. The summed E-state index contributed by atoms with van der Waals surface area (Å²) in [6.07, 6.45) is 1.98. The molecule has 0 aliphatic rings. The van der Waals surface area contributed by atoms with Gasteiger partial charge < -0.3 is 20.3 Å². The maximum atomic E-state index is 10.7. The Balaban J connectivity index is 2.44. The molecule has 1 aromatic heterocycles. The molecule has 1 heterocycles. The maximum Gasteiger partial charge on any atom is 0.337 e. The minimum absolute atomic E-state index is 0.0554. The highest BCUT2D eigenvalue weighted by Gasteiger charge is 2.13. The SMILES string of the molecule is CC(C)(C)NCC(O)COc1cncc(C(=O)O)c1. The second kappa shape index (κ2) is 6.49. The zero-order chi connectivity index (χ0) is 14.5. The van der Waals surface area contributed by atoms with E-state index in [2.05, 4.69) is 10.3 Å². The second-order valence-electron chi connectivity index (χ2n) is 5.31. The highest BCUT2D eigenvalue weighted by Crippen LogP contribution is 2.11. The number of carbonyl (C=O) groups is 1. The summed E-state index contributed by atoms with van der Waals surface area (Å²) in [4.78, 5) is 14.5. The number of ether oxygens (including phenoxy) is 1. The van der Waals surface area contributed by atoms with Crippen molar-refractivity contribution in [3.63, 3.8) is 0 Å². The van der Waals surface area contributed by atoms with Crippen LogP contribution in [0, 0.1) is 0 Å². The van der Waals surface area contributed by atoms with Gasteiger partial charge in [-0.2, -0.15) is 0 Å². The molecule has 19 heavy (non-hydrogen) atoms. The minimum atomic E-state index is -1.06. The molecule has 0 saturated heterocycles. The third-order valence-electron chi connectivity index (χ3n) is 2.27. The number of pyridine rings is 1. The molecule has 6 nitrogen and oxygen atoms in total. The van der Waals surface area contributed by atoms with Crippen LogP contribution in [-0.4, -0.2) is 46.0 Å². The molecule has 0 radical (unpaired) electrons. The monoisotopic (exact) mass is 268 g/mol. The van der Waals surface area contributed by atoms with Crippen LogP contribution in [0.2, 0.25) is 0 Å². The predicted octanol–water partition coefficient (Wildman–Crippen LogP) is 0.908. The summed E-state index contributed by atoms with van der Waals surface area (Å²) < 4.78 is 5.31. The number of aromatic carboxylic acids is 1. The first-order valence-corrected chi connectivity index (χ1v) is 6.02. The number of hydrogen-bond acceptors (Lipinski definition) is 5. The Morgan fingerprint density at radius 3 is 2.74 bits per heavy atom. The van der Waals surface area contributed by atoms with Gasteiger partial charge in [-0.05, 0) is 26.8 Å². The molecule has 1 atom stereocenters. The van der Waals surface area contributed by atoms with E-state index in [0.717, 1.165) is 0 Å². The topological polar surface area (TPSA) is 91.7 Å². The van der Waals surface area contributed by atoms with Crippen molar-refractivity contribution in [3.05, 3.63) is 24.0 Å². The maximum absolute atomic E-state index is 10.7. The van der Waals surface area contributed by atoms with E-state index in [0.29, 0.717) is 12.3 Å². The van der Waals surface area contributed by atoms with Crippen LogP contribution >= 0.6 is 0 Å². The highest BCUT2D eigenvalue weighted by molar-refractivity contribution is 5.87. The number of nitrogens with zero attached hydrogens (tertiary/aromatic N) is 1. The van der Waals surface area contributed by atoms with Gasteiger partial charge in [-0.3, -0.25) is 4.98 Å². The van der Waals surface area contributed by atoms with Crippen molar-refractivity contribution in [2.45, 2.75) is 32.4 Å². The molecule has 0 bridgehead atoms. The molecular formula is C13H20N2O4. The number of aliphatic hydroxyl groups is 1. The van der Waals surface area contributed by atoms with Gasteiger partial charge in [0.2, 0.25) is 0 Å². The molecule has 0 saturated carbocycles. The van der Waals surface area contributed by atoms with Crippen molar-refractivity contribution in [1.82, 2.24) is 10.3 Å². The summed E-state index contributed by atoms with van der Waals surface area (Å²) in [6.45, 7) is 6.48. The van der Waals surface area contributed by atoms with E-state index in [1.165, 1.54) is 18.5 Å². The Morgan fingerprint density at radius 1 is 1.47 bits per heavy atom. The summed E-state index contributed by atoms with van der Waals surface area (Å²) in [6, 6.07) is 1.37. The van der Waals surface area contributed by atoms with E-state index in [-0.39, 0.29) is 17.7 Å². The van der Waals surface area contributed by atoms with Crippen molar-refractivity contribution >= 4 is 5.97 Å². The van der Waals surface area contributed by atoms with Gasteiger partial charge in [-0.25, -0.2) is 4.79 Å². The number of carboxylic acids is 1. The van der Waals surface area contributed by atoms with E-state index < -0.39 is 12.1 Å². The lowest BCUT2D eigenvalue weighted by atomic mass is 10.1. The van der Waals surface area contributed by atoms with Gasteiger partial charge in [0.05, 0.1) is 11.8 Å². The molecule has 0 spiro atoms. The molecule has 0 aliphatic carbocycles. The molecule has 6 heteroatoms. The van der Waals surface area contributed by atoms with Crippen molar-refractivity contribution < 1.29 is 19.7 Å². The van der Waals surface area contributed by atoms with Gasteiger partial charge in [-0.1, -0.05) is 0 Å². The Kier molecular flexibility index (Phi) is 5.26. The number of hydrogen-bond donors (Lipinski definition) is 3. The van der Waals surface area contributed by atoms with Gasteiger partial charge in [0.25, 0.3) is 0 Å². The smallest absolute Gasteiger partial charge is 0.337 e.